The zero-order chi connectivity index (χ0) is 15.6. The van der Waals surface area contributed by atoms with Crippen molar-refractivity contribution in [1.29, 1.82) is 0 Å². The van der Waals surface area contributed by atoms with Gasteiger partial charge in [-0.25, -0.2) is 9.18 Å². The van der Waals surface area contributed by atoms with E-state index in [-0.39, 0.29) is 10.6 Å². The van der Waals surface area contributed by atoms with E-state index in [1.807, 2.05) is 0 Å². The third-order valence-corrected chi connectivity index (χ3v) is 3.02. The quantitative estimate of drug-likeness (QED) is 0.686. The lowest BCUT2D eigenvalue weighted by Crippen LogP contribution is -2.50. The lowest BCUT2D eigenvalue weighted by Gasteiger charge is -2.29. The van der Waals surface area contributed by atoms with E-state index in [0.717, 1.165) is 19.2 Å². The maximum absolute atomic E-state index is 13.1. The van der Waals surface area contributed by atoms with Crippen molar-refractivity contribution in [2.45, 2.75) is 18.6 Å². The number of carbonyl (C=O) groups is 1. The van der Waals surface area contributed by atoms with Crippen LogP contribution in [0.2, 0.25) is 5.02 Å². The highest BCUT2D eigenvalue weighted by atomic mass is 35.5. The first-order chi connectivity index (χ1) is 9.10. The summed E-state index contributed by atoms with van der Waals surface area (Å²) < 4.78 is 54.5. The summed E-state index contributed by atoms with van der Waals surface area (Å²) in [6, 6.07) is 3.22. The molecule has 1 atom stereocenters. The number of ether oxygens (including phenoxy) is 1. The van der Waals surface area contributed by atoms with Crippen LogP contribution in [0.3, 0.4) is 0 Å². The van der Waals surface area contributed by atoms with Gasteiger partial charge in [-0.1, -0.05) is 17.7 Å². The van der Waals surface area contributed by atoms with Crippen molar-refractivity contribution in [1.82, 2.24) is 5.32 Å². The molecule has 1 aromatic carbocycles. The molecule has 1 N–H and O–H groups in total. The predicted octanol–water partition coefficient (Wildman–Crippen LogP) is 3.02. The molecule has 0 fully saturated rings. The average molecular weight is 314 g/mol. The minimum Gasteiger partial charge on any atom is -0.467 e. The van der Waals surface area contributed by atoms with Gasteiger partial charge >= 0.3 is 12.1 Å². The van der Waals surface area contributed by atoms with E-state index >= 15 is 0 Å². The second-order valence-corrected chi connectivity index (χ2v) is 4.62. The molecule has 3 nitrogen and oxygen atoms in total. The van der Waals surface area contributed by atoms with Gasteiger partial charge in [-0.05, 0) is 24.6 Å². The molecule has 1 unspecified atom stereocenters. The summed E-state index contributed by atoms with van der Waals surface area (Å²) in [4.78, 5) is 11.8. The van der Waals surface area contributed by atoms with Crippen molar-refractivity contribution < 1.29 is 27.1 Å². The maximum Gasteiger partial charge on any atom is 0.401 e. The van der Waals surface area contributed by atoms with E-state index in [2.05, 4.69) is 10.1 Å². The molecule has 0 saturated heterocycles. The first kappa shape index (κ1) is 16.7. The molecule has 0 heterocycles. The summed E-state index contributed by atoms with van der Waals surface area (Å²) in [6.45, 7) is -0.207. The van der Waals surface area contributed by atoms with Crippen LogP contribution in [0.25, 0.3) is 0 Å². The van der Waals surface area contributed by atoms with Crippen molar-refractivity contribution >= 4 is 17.6 Å². The van der Waals surface area contributed by atoms with Crippen molar-refractivity contribution in [3.8, 4) is 0 Å². The summed E-state index contributed by atoms with van der Waals surface area (Å²) in [6.07, 6.45) is -4.51. The van der Waals surface area contributed by atoms with Gasteiger partial charge in [-0.15, -0.1) is 0 Å². The number of carbonyl (C=O) groups excluding carboxylic acids is 1. The fourth-order valence-electron chi connectivity index (χ4n) is 1.58. The molecule has 1 aromatic rings. The van der Waals surface area contributed by atoms with Gasteiger partial charge in [0.2, 0.25) is 0 Å². The van der Waals surface area contributed by atoms with Crippen LogP contribution in [-0.2, 0) is 15.1 Å². The number of hydrogen-bond donors (Lipinski definition) is 1. The van der Waals surface area contributed by atoms with E-state index in [4.69, 9.17) is 11.6 Å². The largest absolute Gasteiger partial charge is 0.467 e. The Labute approximate surface area is 117 Å². The zero-order valence-electron chi connectivity index (χ0n) is 10.6. The first-order valence-electron chi connectivity index (χ1n) is 5.46. The highest BCUT2D eigenvalue weighted by Gasteiger charge is 2.40. The van der Waals surface area contributed by atoms with Gasteiger partial charge in [0.25, 0.3) is 0 Å². The molecule has 0 aliphatic carbocycles. The minimum absolute atomic E-state index is 0.0694. The Bertz CT molecular complexity index is 507. The van der Waals surface area contributed by atoms with Gasteiger partial charge < -0.3 is 4.74 Å². The fourth-order valence-corrected chi connectivity index (χ4v) is 1.76. The topological polar surface area (TPSA) is 38.3 Å². The van der Waals surface area contributed by atoms with Gasteiger partial charge in [-0.3, -0.25) is 5.32 Å². The Hall–Kier alpha value is -1.34. The third-order valence-electron chi connectivity index (χ3n) is 2.73. The predicted molar refractivity (Wildman–Crippen MR) is 64.8 cm³/mol. The number of nitrogens with one attached hydrogen (secondary N) is 1. The molecule has 0 radical (unpaired) electrons. The molecule has 0 aliphatic heterocycles. The standard InChI is InChI=1S/C12H12ClF4NO2/c1-11(10(19)20-2,18-6-12(15,16)17)7-3-4-9(14)8(13)5-7/h3-5,18H,6H2,1-2H3. The van der Waals surface area contributed by atoms with Crippen LogP contribution in [0.1, 0.15) is 12.5 Å². The van der Waals surface area contributed by atoms with Gasteiger partial charge in [0.15, 0.2) is 0 Å². The van der Waals surface area contributed by atoms with Crippen molar-refractivity contribution in [3.63, 3.8) is 0 Å². The summed E-state index contributed by atoms with van der Waals surface area (Å²) in [7, 11) is 1.04. The summed E-state index contributed by atoms with van der Waals surface area (Å²) in [5, 5.41) is 1.77. The Morgan fingerprint density at radius 3 is 2.45 bits per heavy atom. The number of methoxy groups -OCH3 is 1. The molecule has 0 aliphatic rings. The van der Waals surface area contributed by atoms with Crippen LogP contribution in [0.5, 0.6) is 0 Å². The molecule has 1 rings (SSSR count). The lowest BCUT2D eigenvalue weighted by atomic mass is 9.92. The van der Waals surface area contributed by atoms with Crippen LogP contribution in [0.4, 0.5) is 17.6 Å². The van der Waals surface area contributed by atoms with Crippen LogP contribution in [0, 0.1) is 5.82 Å². The summed E-state index contributed by atoms with van der Waals surface area (Å²) >= 11 is 5.58. The average Bonchev–Trinajstić information content (AvgIpc) is 2.37. The van der Waals surface area contributed by atoms with E-state index in [9.17, 15) is 22.4 Å². The third kappa shape index (κ3) is 3.83. The molecule has 0 amide bonds. The smallest absolute Gasteiger partial charge is 0.401 e. The first-order valence-corrected chi connectivity index (χ1v) is 5.83. The van der Waals surface area contributed by atoms with Crippen molar-refractivity contribution in [2.75, 3.05) is 13.7 Å². The Morgan fingerprint density at radius 2 is 2.00 bits per heavy atom. The lowest BCUT2D eigenvalue weighted by molar-refractivity contribution is -0.153. The second-order valence-electron chi connectivity index (χ2n) is 4.21. The normalized spacial score (nSPS) is 14.8. The Kier molecular flexibility index (Phi) is 4.99. The Morgan fingerprint density at radius 1 is 1.40 bits per heavy atom. The van der Waals surface area contributed by atoms with E-state index in [1.54, 1.807) is 0 Å². The number of hydrogen-bond acceptors (Lipinski definition) is 3. The number of benzene rings is 1. The number of alkyl halides is 3. The van der Waals surface area contributed by atoms with Crippen LogP contribution in [0.15, 0.2) is 18.2 Å². The molecule has 8 heteroatoms. The molecule has 112 valence electrons. The van der Waals surface area contributed by atoms with Crippen molar-refractivity contribution in [2.24, 2.45) is 0 Å². The van der Waals surface area contributed by atoms with Crippen LogP contribution in [-0.4, -0.2) is 25.8 Å². The molecule has 0 spiro atoms. The van der Waals surface area contributed by atoms with Gasteiger partial charge in [0.05, 0.1) is 18.7 Å². The van der Waals surface area contributed by atoms with Crippen molar-refractivity contribution in [3.05, 3.63) is 34.6 Å². The Balaban J connectivity index is 3.16. The summed E-state index contributed by atoms with van der Waals surface area (Å²) in [5.74, 6) is -1.68. The highest BCUT2D eigenvalue weighted by Crippen LogP contribution is 2.28. The van der Waals surface area contributed by atoms with E-state index < -0.39 is 30.0 Å². The molecular formula is C12H12ClF4NO2. The SMILES string of the molecule is COC(=O)C(C)(NCC(F)(F)F)c1ccc(F)c(Cl)c1. The maximum atomic E-state index is 13.1. The fraction of sp³-hybridized carbons (Fsp3) is 0.417. The summed E-state index contributed by atoms with van der Waals surface area (Å²) in [5.41, 5.74) is -1.72. The molecule has 0 saturated carbocycles. The minimum atomic E-state index is -4.51. The monoisotopic (exact) mass is 313 g/mol. The van der Waals surface area contributed by atoms with Crippen LogP contribution >= 0.6 is 11.6 Å². The molecular weight excluding hydrogens is 302 g/mol. The number of halogens is 5. The zero-order valence-corrected chi connectivity index (χ0v) is 11.4. The number of esters is 1. The van der Waals surface area contributed by atoms with Crippen LogP contribution < -0.4 is 5.32 Å². The second kappa shape index (κ2) is 5.97. The number of rotatable bonds is 4. The molecule has 0 aromatic heterocycles. The van der Waals surface area contributed by atoms with E-state index in [0.29, 0.717) is 0 Å². The van der Waals surface area contributed by atoms with E-state index in [1.165, 1.54) is 13.0 Å². The molecule has 20 heavy (non-hydrogen) atoms. The van der Waals surface area contributed by atoms with Gasteiger partial charge in [0, 0.05) is 0 Å². The molecule has 0 bridgehead atoms. The van der Waals surface area contributed by atoms with Gasteiger partial charge in [-0.2, -0.15) is 13.2 Å². The van der Waals surface area contributed by atoms with Gasteiger partial charge in [0.1, 0.15) is 11.4 Å². The highest BCUT2D eigenvalue weighted by molar-refractivity contribution is 6.30.